The van der Waals surface area contributed by atoms with Crippen molar-refractivity contribution < 1.29 is 14.3 Å². The number of hydrogen-bond donors (Lipinski definition) is 1. The molecule has 45 heavy (non-hydrogen) atoms. The number of carbonyl (C=O) groups is 1. The first-order valence-corrected chi connectivity index (χ1v) is 18.0. The molecule has 7 rings (SSSR count). The van der Waals surface area contributed by atoms with E-state index in [0.717, 1.165) is 43.2 Å². The fraction of sp³-hybridized carbons (Fsp3) is 0.718. The molecule has 0 amide bonds. The smallest absolute Gasteiger partial charge is 0.220 e. The highest BCUT2D eigenvalue weighted by Crippen LogP contribution is 2.76. The second-order valence-corrected chi connectivity index (χ2v) is 17.9. The maximum atomic E-state index is 14.0. The maximum Gasteiger partial charge on any atom is 0.220 e. The Morgan fingerprint density at radius 1 is 0.889 bits per heavy atom. The molecule has 0 saturated heterocycles. The molecule has 6 heteroatoms. The molecule has 1 N–H and O–H groups in total. The predicted octanol–water partition coefficient (Wildman–Crippen LogP) is 9.20. The van der Waals surface area contributed by atoms with Crippen LogP contribution in [0.5, 0.6) is 0 Å². The minimum absolute atomic E-state index is 0.0461. The summed E-state index contributed by atoms with van der Waals surface area (Å²) in [6, 6.07) is 7.78. The van der Waals surface area contributed by atoms with E-state index in [9.17, 15) is 9.90 Å². The Kier molecular flexibility index (Phi) is 7.38. The van der Waals surface area contributed by atoms with Crippen LogP contribution in [0.1, 0.15) is 124 Å². The summed E-state index contributed by atoms with van der Waals surface area (Å²) in [5.41, 5.74) is 3.94. The Morgan fingerprint density at radius 2 is 1.60 bits per heavy atom. The van der Waals surface area contributed by atoms with Crippen LogP contribution in [-0.2, 0) is 17.6 Å². The largest absolute Gasteiger partial charge is 0.425 e. The fourth-order valence-electron chi connectivity index (χ4n) is 12.4. The normalized spacial score (nSPS) is 40.6. The van der Waals surface area contributed by atoms with E-state index in [1.165, 1.54) is 24.8 Å². The van der Waals surface area contributed by atoms with Gasteiger partial charge in [-0.15, -0.1) is 10.2 Å². The lowest BCUT2D eigenvalue weighted by atomic mass is 9.33. The number of fused-ring (bicyclic) bond motifs is 7. The van der Waals surface area contributed by atoms with Crippen molar-refractivity contribution in [3.05, 3.63) is 57.8 Å². The van der Waals surface area contributed by atoms with Gasteiger partial charge in [-0.25, -0.2) is 0 Å². The number of aliphatic hydroxyl groups excluding tert-OH is 1. The molecule has 1 aromatic carbocycles. The van der Waals surface area contributed by atoms with Crippen LogP contribution in [0, 0.1) is 50.7 Å². The zero-order valence-corrected chi connectivity index (χ0v) is 29.3. The number of aliphatic hydroxyl groups is 1. The zero-order valence-electron chi connectivity index (χ0n) is 28.5. The van der Waals surface area contributed by atoms with E-state index in [2.05, 4.69) is 58.7 Å². The second kappa shape index (κ2) is 10.5. The number of rotatable bonds is 5. The maximum absolute atomic E-state index is 14.0. The Balaban J connectivity index is 1.23. The van der Waals surface area contributed by atoms with Gasteiger partial charge in [-0.3, -0.25) is 4.79 Å². The molecule has 0 spiro atoms. The van der Waals surface area contributed by atoms with Gasteiger partial charge in [0, 0.05) is 23.3 Å². The summed E-state index contributed by atoms with van der Waals surface area (Å²) in [7, 11) is 0. The highest BCUT2D eigenvalue weighted by Gasteiger charge is 2.70. The van der Waals surface area contributed by atoms with Crippen molar-refractivity contribution in [3.8, 4) is 0 Å². The average Bonchev–Trinajstić information content (AvgIpc) is 3.53. The predicted molar refractivity (Wildman–Crippen MR) is 178 cm³/mol. The van der Waals surface area contributed by atoms with Crippen LogP contribution in [0.3, 0.4) is 0 Å². The van der Waals surface area contributed by atoms with Crippen LogP contribution in [0.15, 0.2) is 39.8 Å². The molecule has 0 bridgehead atoms. The number of Topliss-reactive ketones (excluding diaryl/α,β-unsaturated/α-hetero) is 1. The van der Waals surface area contributed by atoms with E-state index in [4.69, 9.17) is 16.0 Å². The van der Waals surface area contributed by atoms with Gasteiger partial charge in [0.15, 0.2) is 5.78 Å². The van der Waals surface area contributed by atoms with Crippen LogP contribution < -0.4 is 0 Å². The van der Waals surface area contributed by atoms with Crippen LogP contribution in [0.4, 0.5) is 0 Å². The van der Waals surface area contributed by atoms with Crippen molar-refractivity contribution in [2.75, 3.05) is 0 Å². The molecule has 5 nitrogen and oxygen atoms in total. The Hall–Kier alpha value is -1.98. The van der Waals surface area contributed by atoms with Gasteiger partial charge in [0.1, 0.15) is 0 Å². The summed E-state index contributed by atoms with van der Waals surface area (Å²) in [5.74, 6) is 3.41. The fourth-order valence-corrected chi connectivity index (χ4v) is 12.6. The quantitative estimate of drug-likeness (QED) is 0.356. The van der Waals surface area contributed by atoms with E-state index >= 15 is 0 Å². The summed E-state index contributed by atoms with van der Waals surface area (Å²) in [4.78, 5) is 14.0. The van der Waals surface area contributed by atoms with Crippen molar-refractivity contribution in [1.82, 2.24) is 10.2 Å². The molecule has 2 aromatic rings. The summed E-state index contributed by atoms with van der Waals surface area (Å²) in [6.45, 7) is 16.9. The van der Waals surface area contributed by atoms with Crippen molar-refractivity contribution in [1.29, 1.82) is 0 Å². The molecule has 0 radical (unpaired) electrons. The van der Waals surface area contributed by atoms with Gasteiger partial charge in [-0.2, -0.15) is 0 Å². The van der Waals surface area contributed by atoms with E-state index in [1.54, 1.807) is 0 Å². The van der Waals surface area contributed by atoms with E-state index < -0.39 is 0 Å². The first-order valence-electron chi connectivity index (χ1n) is 17.7. The molecule has 244 valence electrons. The number of nitrogens with zero attached hydrogens (tertiary/aromatic N) is 2. The average molecular weight is 633 g/mol. The number of hydrogen-bond acceptors (Lipinski definition) is 5. The molecule has 1 heterocycles. The third-order valence-electron chi connectivity index (χ3n) is 14.8. The number of halogens is 1. The minimum atomic E-state index is -0.230. The van der Waals surface area contributed by atoms with Crippen LogP contribution in [0.2, 0.25) is 5.02 Å². The lowest BCUT2D eigenvalue weighted by molar-refractivity contribution is -0.228. The number of carbonyl (C=O) groups excluding carboxylic acids is 1. The molecule has 5 aliphatic carbocycles. The summed E-state index contributed by atoms with van der Waals surface area (Å²) in [5, 5.41) is 20.8. The third kappa shape index (κ3) is 4.52. The van der Waals surface area contributed by atoms with Crippen LogP contribution in [0.25, 0.3) is 0 Å². The molecule has 0 unspecified atom stereocenters. The zero-order chi connectivity index (χ0) is 32.2. The topological polar surface area (TPSA) is 76.2 Å². The van der Waals surface area contributed by atoms with Gasteiger partial charge in [-0.05, 0) is 120 Å². The van der Waals surface area contributed by atoms with Crippen molar-refractivity contribution >= 4 is 17.4 Å². The standard InChI is InChI=1S/C39H53ClN2O3/c1-23(2)33-27(43)21-39(22-32-42-41-31(45-32)20-24-8-10-25(40)11-9-24)19-18-37(6)26(34(33)39)12-13-29-36(5)16-15-30(44)35(3,4)28(36)14-17-38(29,37)7/h8-11,23,26,28-30,44H,12-22H2,1-7H3/t26-,28+,29-,30+,36+,37-,38-,39+/m1/s1. The van der Waals surface area contributed by atoms with Crippen LogP contribution in [-0.4, -0.2) is 27.2 Å². The number of benzene rings is 1. The van der Waals surface area contributed by atoms with Gasteiger partial charge >= 0.3 is 0 Å². The molecule has 4 fully saturated rings. The molecular weight excluding hydrogens is 580 g/mol. The number of aromatic nitrogens is 2. The van der Waals surface area contributed by atoms with Gasteiger partial charge in [0.25, 0.3) is 0 Å². The highest BCUT2D eigenvalue weighted by molar-refractivity contribution is 6.30. The SMILES string of the molecule is CC(C)C1=C2[C@H]3CC[C@@H]4[C@@]5(C)CC[C@H](O)C(C)(C)[C@@H]5CC[C@@]4(C)[C@]3(C)CC[C@@]2(Cc2nnc(Cc3ccc(Cl)cc3)o2)CC1=O. The van der Waals surface area contributed by atoms with Gasteiger partial charge in [-0.1, -0.05) is 77.8 Å². The van der Waals surface area contributed by atoms with E-state index in [-0.39, 0.29) is 39.1 Å². The first-order chi connectivity index (χ1) is 21.1. The summed E-state index contributed by atoms with van der Waals surface area (Å²) >= 11 is 6.09. The van der Waals surface area contributed by atoms with Gasteiger partial charge in [0.05, 0.1) is 12.5 Å². The first kappa shape index (κ1) is 31.6. The Bertz CT molecular complexity index is 1520. The third-order valence-corrected chi connectivity index (χ3v) is 15.1. The van der Waals surface area contributed by atoms with Crippen molar-refractivity contribution in [2.24, 2.45) is 50.7 Å². The molecule has 8 atom stereocenters. The number of allylic oxidation sites excluding steroid dienone is 2. The second-order valence-electron chi connectivity index (χ2n) is 17.4. The van der Waals surface area contributed by atoms with E-state index in [0.29, 0.717) is 59.6 Å². The molecular formula is C39H53ClN2O3. The summed E-state index contributed by atoms with van der Waals surface area (Å²) < 4.78 is 6.31. The highest BCUT2D eigenvalue weighted by atomic mass is 35.5. The monoisotopic (exact) mass is 632 g/mol. The molecule has 4 saturated carbocycles. The van der Waals surface area contributed by atoms with Gasteiger partial charge < -0.3 is 9.52 Å². The number of ketones is 1. The van der Waals surface area contributed by atoms with Gasteiger partial charge in [0.2, 0.25) is 11.8 Å². The molecule has 0 aliphatic heterocycles. The lowest BCUT2D eigenvalue weighted by Gasteiger charge is -2.72. The Morgan fingerprint density at radius 3 is 2.31 bits per heavy atom. The minimum Gasteiger partial charge on any atom is -0.425 e. The Labute approximate surface area is 275 Å². The lowest BCUT2D eigenvalue weighted by Crippen LogP contribution is -2.65. The molecule has 1 aromatic heterocycles. The summed E-state index contributed by atoms with van der Waals surface area (Å²) in [6.07, 6.45) is 10.5. The van der Waals surface area contributed by atoms with E-state index in [1.807, 2.05) is 24.3 Å². The van der Waals surface area contributed by atoms with Crippen molar-refractivity contribution in [2.45, 2.75) is 125 Å². The van der Waals surface area contributed by atoms with Crippen molar-refractivity contribution in [3.63, 3.8) is 0 Å². The van der Waals surface area contributed by atoms with Crippen LogP contribution >= 0.6 is 11.6 Å². The molecule has 5 aliphatic rings.